The van der Waals surface area contributed by atoms with Crippen molar-refractivity contribution in [3.8, 4) is 5.75 Å². The fraction of sp³-hybridized carbons (Fsp3) is 0.0800. The number of carbonyl (C=O) groups is 1. The summed E-state index contributed by atoms with van der Waals surface area (Å²) in [5.74, 6) is 0.272. The smallest absolute Gasteiger partial charge is 0.211 e. The van der Waals surface area contributed by atoms with E-state index in [1.165, 1.54) is 12.1 Å². The molecule has 3 aromatic carbocycles. The molecule has 0 amide bonds. The van der Waals surface area contributed by atoms with Gasteiger partial charge in [0.15, 0.2) is 0 Å². The molecule has 1 heterocycles. The van der Waals surface area contributed by atoms with Crippen LogP contribution in [0.15, 0.2) is 88.7 Å². The molecule has 168 valence electrons. The van der Waals surface area contributed by atoms with Crippen molar-refractivity contribution in [1.29, 1.82) is 0 Å². The van der Waals surface area contributed by atoms with E-state index >= 15 is 0 Å². The number of ketones is 1. The van der Waals surface area contributed by atoms with Crippen LogP contribution in [0, 0.1) is 6.92 Å². The summed E-state index contributed by atoms with van der Waals surface area (Å²) in [5.41, 5.74) is 8.34. The third-order valence-corrected chi connectivity index (χ3v) is 8.17. The third-order valence-electron chi connectivity index (χ3n) is 5.07. The van der Waals surface area contributed by atoms with E-state index in [9.17, 15) is 13.2 Å². The second-order valence-corrected chi connectivity index (χ2v) is 10.3. The van der Waals surface area contributed by atoms with E-state index in [-0.39, 0.29) is 31.1 Å². The Bertz CT molecular complexity index is 1410. The van der Waals surface area contributed by atoms with Gasteiger partial charge in [0.1, 0.15) is 20.5 Å². The highest BCUT2D eigenvalue weighted by molar-refractivity contribution is 7.92. The van der Waals surface area contributed by atoms with Crippen LogP contribution in [0.1, 0.15) is 20.8 Å². The Morgan fingerprint density at radius 3 is 2.33 bits per heavy atom. The van der Waals surface area contributed by atoms with Crippen LogP contribution in [0.5, 0.6) is 5.75 Å². The number of sulfone groups is 1. The summed E-state index contributed by atoms with van der Waals surface area (Å²) in [6.45, 7) is 1.93. The summed E-state index contributed by atoms with van der Waals surface area (Å²) in [6.07, 6.45) is 0. The van der Waals surface area contributed by atoms with Crippen molar-refractivity contribution in [3.05, 3.63) is 94.9 Å². The van der Waals surface area contributed by atoms with Gasteiger partial charge in [-0.1, -0.05) is 54.1 Å². The van der Waals surface area contributed by atoms with Crippen LogP contribution in [0.25, 0.3) is 0 Å². The van der Waals surface area contributed by atoms with Crippen LogP contribution in [-0.2, 0) is 9.84 Å². The van der Waals surface area contributed by atoms with E-state index in [1.807, 2.05) is 19.1 Å². The molecule has 0 unspecified atom stereocenters. The largest absolute Gasteiger partial charge is 0.497 e. The van der Waals surface area contributed by atoms with Crippen molar-refractivity contribution < 1.29 is 17.9 Å². The molecule has 1 aromatic heterocycles. The summed E-state index contributed by atoms with van der Waals surface area (Å²) >= 11 is 1.02. The number of nitrogens with one attached hydrogen (secondary N) is 1. The molecule has 3 N–H and O–H groups in total. The number of aryl methyl sites for hydroxylation is 1. The average Bonchev–Trinajstić information content (AvgIpc) is 3.16. The highest BCUT2D eigenvalue weighted by Gasteiger charge is 2.31. The molecule has 0 aliphatic carbocycles. The topological polar surface area (TPSA) is 98.5 Å². The van der Waals surface area contributed by atoms with Gasteiger partial charge in [-0.05, 0) is 31.2 Å². The molecule has 33 heavy (non-hydrogen) atoms. The highest BCUT2D eigenvalue weighted by Crippen LogP contribution is 2.44. The first-order valence-electron chi connectivity index (χ1n) is 10.1. The first-order chi connectivity index (χ1) is 15.8. The SMILES string of the molecule is COc1cccc(Nc2sc(C(=O)c3ccc(C)cc3)c(N)c2S(=O)(=O)c2ccccc2)c1. The van der Waals surface area contributed by atoms with E-state index in [0.717, 1.165) is 16.9 Å². The molecule has 4 aromatic rings. The number of ether oxygens (including phenoxy) is 1. The number of thiophene rings is 1. The maximum atomic E-state index is 13.6. The molecule has 0 fully saturated rings. The molecular weight excluding hydrogens is 456 g/mol. The molecule has 8 heteroatoms. The number of hydrogen-bond donors (Lipinski definition) is 2. The molecule has 0 aliphatic rings. The van der Waals surface area contributed by atoms with E-state index in [1.54, 1.807) is 61.7 Å². The number of nitrogens with two attached hydrogens (primary N) is 1. The Morgan fingerprint density at radius 1 is 0.970 bits per heavy atom. The third kappa shape index (κ3) is 4.48. The number of benzene rings is 3. The Hall–Kier alpha value is -3.62. The molecule has 0 aliphatic heterocycles. The molecule has 0 spiro atoms. The molecule has 0 bridgehead atoms. The predicted octanol–water partition coefficient (Wildman–Crippen LogP) is 5.45. The van der Waals surface area contributed by atoms with E-state index < -0.39 is 9.84 Å². The van der Waals surface area contributed by atoms with Crippen molar-refractivity contribution in [2.75, 3.05) is 18.2 Å². The quantitative estimate of drug-likeness (QED) is 0.343. The Balaban J connectivity index is 1.87. The highest BCUT2D eigenvalue weighted by atomic mass is 32.2. The molecule has 6 nitrogen and oxygen atoms in total. The number of nitrogen functional groups attached to an aromatic ring is 1. The number of carbonyl (C=O) groups excluding carboxylic acids is 1. The number of anilines is 3. The van der Waals surface area contributed by atoms with E-state index in [2.05, 4.69) is 5.32 Å². The van der Waals surface area contributed by atoms with Crippen LogP contribution < -0.4 is 15.8 Å². The van der Waals surface area contributed by atoms with Crippen molar-refractivity contribution in [1.82, 2.24) is 0 Å². The Labute approximate surface area is 196 Å². The van der Waals surface area contributed by atoms with Crippen LogP contribution in [0.2, 0.25) is 0 Å². The van der Waals surface area contributed by atoms with Crippen molar-refractivity contribution in [3.63, 3.8) is 0 Å². The van der Waals surface area contributed by atoms with Crippen LogP contribution >= 0.6 is 11.3 Å². The molecular formula is C25H22N2O4S2. The maximum Gasteiger partial charge on any atom is 0.211 e. The van der Waals surface area contributed by atoms with E-state index in [4.69, 9.17) is 10.5 Å². The minimum absolute atomic E-state index is 0.0696. The maximum absolute atomic E-state index is 13.6. The van der Waals surface area contributed by atoms with Gasteiger partial charge in [0, 0.05) is 17.3 Å². The predicted molar refractivity (Wildman–Crippen MR) is 132 cm³/mol. The van der Waals surface area contributed by atoms with Crippen molar-refractivity contribution in [2.45, 2.75) is 16.7 Å². The fourth-order valence-electron chi connectivity index (χ4n) is 3.33. The zero-order valence-electron chi connectivity index (χ0n) is 18.0. The molecule has 0 saturated heterocycles. The summed E-state index contributed by atoms with van der Waals surface area (Å²) in [7, 11) is -2.45. The summed E-state index contributed by atoms with van der Waals surface area (Å²) in [6, 6.07) is 22.2. The standard InChI is InChI=1S/C25H22N2O4S2/c1-16-11-13-17(14-12-16)22(28)23-21(26)24(33(29,30)20-9-4-3-5-10-20)25(32-23)27-18-7-6-8-19(15-18)31-2/h3-15,27H,26H2,1-2H3. The zero-order valence-corrected chi connectivity index (χ0v) is 19.7. The molecule has 0 saturated carbocycles. The Kier molecular flexibility index (Phi) is 6.22. The lowest BCUT2D eigenvalue weighted by Crippen LogP contribution is -2.08. The van der Waals surface area contributed by atoms with Gasteiger partial charge in [-0.25, -0.2) is 8.42 Å². The van der Waals surface area contributed by atoms with Gasteiger partial charge in [0.2, 0.25) is 15.6 Å². The van der Waals surface area contributed by atoms with Gasteiger partial charge in [-0.15, -0.1) is 11.3 Å². The zero-order chi connectivity index (χ0) is 23.6. The normalized spacial score (nSPS) is 11.2. The van der Waals surface area contributed by atoms with Crippen molar-refractivity contribution >= 4 is 43.3 Å². The molecule has 0 radical (unpaired) electrons. The first kappa shape index (κ1) is 22.6. The number of rotatable bonds is 7. The monoisotopic (exact) mass is 478 g/mol. The van der Waals surface area contributed by atoms with Gasteiger partial charge < -0.3 is 15.8 Å². The summed E-state index contributed by atoms with van der Waals surface area (Å²) in [5, 5.41) is 3.39. The van der Waals surface area contributed by atoms with Crippen LogP contribution in [0.4, 0.5) is 16.4 Å². The van der Waals surface area contributed by atoms with Crippen LogP contribution in [-0.4, -0.2) is 21.3 Å². The van der Waals surface area contributed by atoms with Gasteiger partial charge in [0.05, 0.1) is 17.7 Å². The first-order valence-corrected chi connectivity index (χ1v) is 12.4. The molecule has 4 rings (SSSR count). The second-order valence-electron chi connectivity index (χ2n) is 7.37. The number of hydrogen-bond acceptors (Lipinski definition) is 7. The van der Waals surface area contributed by atoms with E-state index in [0.29, 0.717) is 17.0 Å². The molecule has 0 atom stereocenters. The Morgan fingerprint density at radius 2 is 1.67 bits per heavy atom. The lowest BCUT2D eigenvalue weighted by molar-refractivity contribution is 0.104. The van der Waals surface area contributed by atoms with Crippen LogP contribution in [0.3, 0.4) is 0 Å². The van der Waals surface area contributed by atoms with Crippen molar-refractivity contribution in [2.24, 2.45) is 0 Å². The minimum Gasteiger partial charge on any atom is -0.497 e. The average molecular weight is 479 g/mol. The number of methoxy groups -OCH3 is 1. The van der Waals surface area contributed by atoms with Gasteiger partial charge in [-0.2, -0.15) is 0 Å². The lowest BCUT2D eigenvalue weighted by atomic mass is 10.1. The summed E-state index contributed by atoms with van der Waals surface area (Å²) in [4.78, 5) is 13.4. The lowest BCUT2D eigenvalue weighted by Gasteiger charge is -2.10. The van der Waals surface area contributed by atoms with Gasteiger partial charge in [-0.3, -0.25) is 4.79 Å². The summed E-state index contributed by atoms with van der Waals surface area (Å²) < 4.78 is 32.4. The van der Waals surface area contributed by atoms with Gasteiger partial charge >= 0.3 is 0 Å². The minimum atomic E-state index is -4.00. The second kappa shape index (κ2) is 9.09. The van der Waals surface area contributed by atoms with Gasteiger partial charge in [0.25, 0.3) is 0 Å². The fourth-order valence-corrected chi connectivity index (χ4v) is 6.29.